The second-order valence-corrected chi connectivity index (χ2v) is 6.11. The number of aliphatic imine (C=N–C) groups is 1. The number of nitrogens with one attached hydrogen (secondary N) is 2. The Morgan fingerprint density at radius 3 is 2.88 bits per heavy atom. The number of fused-ring (bicyclic) bond motifs is 1. The molecule has 26 heavy (non-hydrogen) atoms. The topological polar surface area (TPSA) is 63.0 Å². The third kappa shape index (κ3) is 4.33. The van der Waals surface area contributed by atoms with Gasteiger partial charge in [0.05, 0.1) is 12.8 Å². The minimum atomic E-state index is 0.685. The minimum Gasteiger partial charge on any atom is -0.497 e. The van der Waals surface area contributed by atoms with Gasteiger partial charge in [-0.25, -0.2) is 4.98 Å². The van der Waals surface area contributed by atoms with Crippen molar-refractivity contribution in [3.05, 3.63) is 65.6 Å². The molecule has 0 aliphatic rings. The third-order valence-electron chi connectivity index (χ3n) is 4.22. The van der Waals surface area contributed by atoms with E-state index in [1.165, 1.54) is 5.56 Å². The fourth-order valence-corrected chi connectivity index (χ4v) is 2.82. The maximum Gasteiger partial charge on any atom is 0.191 e. The number of rotatable bonds is 6. The Kier molecular flexibility index (Phi) is 5.73. The summed E-state index contributed by atoms with van der Waals surface area (Å²) in [5.74, 6) is 1.63. The maximum atomic E-state index is 5.25. The molecule has 0 spiro atoms. The van der Waals surface area contributed by atoms with Crippen LogP contribution in [0.15, 0.2) is 53.8 Å². The van der Waals surface area contributed by atoms with Gasteiger partial charge in [0, 0.05) is 39.0 Å². The Balaban J connectivity index is 1.51. The minimum absolute atomic E-state index is 0.685. The number of pyridine rings is 1. The second kappa shape index (κ2) is 8.38. The van der Waals surface area contributed by atoms with Crippen LogP contribution in [0.3, 0.4) is 0 Å². The molecule has 3 aromatic rings. The van der Waals surface area contributed by atoms with Crippen molar-refractivity contribution in [3.63, 3.8) is 0 Å². The summed E-state index contributed by atoms with van der Waals surface area (Å²) in [6, 6.07) is 12.1. The molecule has 0 bridgehead atoms. The molecular weight excluding hydrogens is 326 g/mol. The number of aryl methyl sites for hydroxylation is 1. The molecule has 0 fully saturated rings. The largest absolute Gasteiger partial charge is 0.497 e. The summed E-state index contributed by atoms with van der Waals surface area (Å²) in [6.07, 6.45) is 4.94. The molecule has 0 saturated heterocycles. The second-order valence-electron chi connectivity index (χ2n) is 6.11. The summed E-state index contributed by atoms with van der Waals surface area (Å²) in [5.41, 5.74) is 4.41. The number of nitrogens with zero attached hydrogens (tertiary/aromatic N) is 3. The summed E-state index contributed by atoms with van der Waals surface area (Å²) in [6.45, 7) is 3.53. The highest BCUT2D eigenvalue weighted by Gasteiger charge is 2.04. The number of methoxy groups -OCH3 is 1. The lowest BCUT2D eigenvalue weighted by Crippen LogP contribution is -2.37. The fourth-order valence-electron chi connectivity index (χ4n) is 2.82. The van der Waals surface area contributed by atoms with Crippen LogP contribution in [0.2, 0.25) is 0 Å². The SMILES string of the molecule is CN=C(NCCc1cn2cccc(C)c2n1)NCc1cccc(OC)c1. The first-order valence-corrected chi connectivity index (χ1v) is 8.70. The first kappa shape index (κ1) is 17.8. The molecular formula is C20H25N5O. The van der Waals surface area contributed by atoms with Gasteiger partial charge in [-0.05, 0) is 36.2 Å². The number of hydrogen-bond donors (Lipinski definition) is 2. The highest BCUT2D eigenvalue weighted by Crippen LogP contribution is 2.12. The van der Waals surface area contributed by atoms with E-state index in [4.69, 9.17) is 9.72 Å². The summed E-state index contributed by atoms with van der Waals surface area (Å²) in [5, 5.41) is 6.65. The van der Waals surface area contributed by atoms with Crippen molar-refractivity contribution >= 4 is 11.6 Å². The van der Waals surface area contributed by atoms with Gasteiger partial charge in [0.15, 0.2) is 5.96 Å². The van der Waals surface area contributed by atoms with E-state index in [9.17, 15) is 0 Å². The smallest absolute Gasteiger partial charge is 0.191 e. The Bertz CT molecular complexity index is 900. The van der Waals surface area contributed by atoms with Crippen molar-refractivity contribution in [3.8, 4) is 5.75 Å². The van der Waals surface area contributed by atoms with Crippen LogP contribution in [0, 0.1) is 6.92 Å². The number of benzene rings is 1. The highest BCUT2D eigenvalue weighted by molar-refractivity contribution is 5.79. The molecule has 0 unspecified atom stereocenters. The van der Waals surface area contributed by atoms with Crippen LogP contribution in [0.4, 0.5) is 0 Å². The van der Waals surface area contributed by atoms with E-state index < -0.39 is 0 Å². The lowest BCUT2D eigenvalue weighted by Gasteiger charge is -2.12. The summed E-state index contributed by atoms with van der Waals surface area (Å²) < 4.78 is 7.32. The molecule has 0 amide bonds. The molecule has 136 valence electrons. The van der Waals surface area contributed by atoms with E-state index in [0.717, 1.165) is 41.6 Å². The number of aromatic nitrogens is 2. The fraction of sp³-hybridized carbons (Fsp3) is 0.300. The molecule has 6 nitrogen and oxygen atoms in total. The molecule has 2 N–H and O–H groups in total. The van der Waals surface area contributed by atoms with Crippen LogP contribution in [-0.4, -0.2) is 36.0 Å². The quantitative estimate of drug-likeness (QED) is 0.529. The maximum absolute atomic E-state index is 5.25. The van der Waals surface area contributed by atoms with Gasteiger partial charge in [0.1, 0.15) is 11.4 Å². The first-order valence-electron chi connectivity index (χ1n) is 8.70. The van der Waals surface area contributed by atoms with Crippen molar-refractivity contribution < 1.29 is 4.74 Å². The molecule has 1 aromatic carbocycles. The van der Waals surface area contributed by atoms with E-state index in [-0.39, 0.29) is 0 Å². The monoisotopic (exact) mass is 351 g/mol. The average molecular weight is 351 g/mol. The van der Waals surface area contributed by atoms with Gasteiger partial charge in [-0.1, -0.05) is 18.2 Å². The van der Waals surface area contributed by atoms with Gasteiger partial charge < -0.3 is 19.8 Å². The van der Waals surface area contributed by atoms with Crippen molar-refractivity contribution in [1.29, 1.82) is 0 Å². The number of imidazole rings is 1. The van der Waals surface area contributed by atoms with E-state index in [2.05, 4.69) is 45.3 Å². The van der Waals surface area contributed by atoms with Gasteiger partial charge >= 0.3 is 0 Å². The molecule has 3 rings (SSSR count). The summed E-state index contributed by atoms with van der Waals surface area (Å²) >= 11 is 0. The van der Waals surface area contributed by atoms with Gasteiger partial charge in [-0.2, -0.15) is 0 Å². The number of hydrogen-bond acceptors (Lipinski definition) is 3. The van der Waals surface area contributed by atoms with Gasteiger partial charge in [0.25, 0.3) is 0 Å². The number of ether oxygens (including phenoxy) is 1. The number of guanidine groups is 1. The van der Waals surface area contributed by atoms with Crippen LogP contribution in [0.5, 0.6) is 5.75 Å². The molecule has 6 heteroatoms. The molecule has 0 aliphatic heterocycles. The molecule has 0 aliphatic carbocycles. The van der Waals surface area contributed by atoms with Gasteiger partial charge in [0.2, 0.25) is 0 Å². The lowest BCUT2D eigenvalue weighted by atomic mass is 10.2. The molecule has 0 atom stereocenters. The zero-order valence-electron chi connectivity index (χ0n) is 15.5. The zero-order valence-corrected chi connectivity index (χ0v) is 15.5. The van der Waals surface area contributed by atoms with Gasteiger partial charge in [-0.3, -0.25) is 4.99 Å². The van der Waals surface area contributed by atoms with Crippen molar-refractivity contribution in [2.24, 2.45) is 4.99 Å². The molecule has 2 heterocycles. The van der Waals surface area contributed by atoms with Crippen LogP contribution in [-0.2, 0) is 13.0 Å². The Labute approximate surface area is 153 Å². The first-order chi connectivity index (χ1) is 12.7. The van der Waals surface area contributed by atoms with E-state index in [1.54, 1.807) is 14.2 Å². The Hall–Kier alpha value is -3.02. The van der Waals surface area contributed by atoms with Crippen molar-refractivity contribution in [2.45, 2.75) is 19.9 Å². The zero-order chi connectivity index (χ0) is 18.4. The van der Waals surface area contributed by atoms with Crippen LogP contribution < -0.4 is 15.4 Å². The van der Waals surface area contributed by atoms with Crippen LogP contribution >= 0.6 is 0 Å². The summed E-state index contributed by atoms with van der Waals surface area (Å²) in [7, 11) is 3.45. The van der Waals surface area contributed by atoms with Crippen LogP contribution in [0.1, 0.15) is 16.8 Å². The average Bonchev–Trinajstić information content (AvgIpc) is 3.09. The van der Waals surface area contributed by atoms with E-state index >= 15 is 0 Å². The van der Waals surface area contributed by atoms with Crippen molar-refractivity contribution in [1.82, 2.24) is 20.0 Å². The van der Waals surface area contributed by atoms with Crippen molar-refractivity contribution in [2.75, 3.05) is 20.7 Å². The summed E-state index contributed by atoms with van der Waals surface area (Å²) in [4.78, 5) is 8.97. The molecule has 2 aromatic heterocycles. The van der Waals surface area contributed by atoms with Gasteiger partial charge in [-0.15, -0.1) is 0 Å². The van der Waals surface area contributed by atoms with E-state index in [0.29, 0.717) is 6.54 Å². The highest BCUT2D eigenvalue weighted by atomic mass is 16.5. The van der Waals surface area contributed by atoms with Crippen LogP contribution in [0.25, 0.3) is 5.65 Å². The van der Waals surface area contributed by atoms with E-state index in [1.807, 2.05) is 30.5 Å². The molecule has 0 saturated carbocycles. The lowest BCUT2D eigenvalue weighted by molar-refractivity contribution is 0.414. The predicted molar refractivity (Wildman–Crippen MR) is 105 cm³/mol. The normalized spacial score (nSPS) is 11.6. The standard InChI is InChI=1S/C20H25N5O/c1-15-6-5-11-25-14-17(24-19(15)25)9-10-22-20(21-2)23-13-16-7-4-8-18(12-16)26-3/h4-8,11-12,14H,9-10,13H2,1-3H3,(H2,21,22,23). The predicted octanol–water partition coefficient (Wildman–Crippen LogP) is 2.56. The molecule has 0 radical (unpaired) electrons. The third-order valence-corrected chi connectivity index (χ3v) is 4.22. The Morgan fingerprint density at radius 1 is 1.23 bits per heavy atom. The Morgan fingerprint density at radius 2 is 2.12 bits per heavy atom.